The average Bonchev–Trinajstić information content (AvgIpc) is 3.66. The van der Waals surface area contributed by atoms with E-state index in [9.17, 15) is 0 Å². The summed E-state index contributed by atoms with van der Waals surface area (Å²) in [6, 6.07) is 67.1. The Labute approximate surface area is 385 Å². The number of hydrogen-bond acceptors (Lipinski definition) is 2. The fraction of sp³-hybridized carbons (Fsp3) is 0.194. The van der Waals surface area contributed by atoms with Gasteiger partial charge in [0, 0.05) is 21.6 Å². The monoisotopic (exact) mass is 838 g/mol. The summed E-state index contributed by atoms with van der Waals surface area (Å²) < 4.78 is 0. The topological polar surface area (TPSA) is 6.48 Å². The van der Waals surface area contributed by atoms with E-state index in [0.717, 1.165) is 0 Å². The summed E-state index contributed by atoms with van der Waals surface area (Å²) in [5.74, 6) is 0.698. The third-order valence-electron chi connectivity index (χ3n) is 15.5. The van der Waals surface area contributed by atoms with Crippen LogP contribution in [0.15, 0.2) is 176 Å². The third-order valence-corrected chi connectivity index (χ3v) is 15.5. The molecule has 316 valence electrons. The molecule has 65 heavy (non-hydrogen) atoms. The highest BCUT2D eigenvalue weighted by molar-refractivity contribution is 7.02. The van der Waals surface area contributed by atoms with E-state index >= 15 is 0 Å². The Morgan fingerprint density at radius 1 is 0.338 bits per heavy atom. The zero-order valence-electron chi connectivity index (χ0n) is 38.9. The Morgan fingerprint density at radius 2 is 0.708 bits per heavy atom. The predicted octanol–water partition coefficient (Wildman–Crippen LogP) is 15.0. The molecule has 0 unspecified atom stereocenters. The van der Waals surface area contributed by atoms with Gasteiger partial charge in [0.1, 0.15) is 0 Å². The largest absolute Gasteiger partial charge is 0.309 e. The van der Waals surface area contributed by atoms with Crippen LogP contribution >= 0.6 is 0 Å². The molecular weight excluding hydrogens is 784 g/mol. The normalized spacial score (nSPS) is 15.2. The van der Waals surface area contributed by atoms with E-state index < -0.39 is 0 Å². The van der Waals surface area contributed by atoms with Gasteiger partial charge in [-0.05, 0) is 104 Å². The fourth-order valence-electron chi connectivity index (χ4n) is 12.4. The van der Waals surface area contributed by atoms with Crippen molar-refractivity contribution >= 4 is 78.8 Å². The van der Waals surface area contributed by atoms with E-state index in [1.807, 2.05) is 0 Å². The van der Waals surface area contributed by atoms with Gasteiger partial charge in [0.05, 0.1) is 34.1 Å². The molecule has 0 bridgehead atoms. The van der Waals surface area contributed by atoms with Gasteiger partial charge >= 0.3 is 0 Å². The van der Waals surface area contributed by atoms with Gasteiger partial charge in [0.15, 0.2) is 0 Å². The van der Waals surface area contributed by atoms with Crippen LogP contribution in [0.3, 0.4) is 0 Å². The van der Waals surface area contributed by atoms with E-state index in [1.165, 1.54) is 117 Å². The Morgan fingerprint density at radius 3 is 1.20 bits per heavy atom. The van der Waals surface area contributed by atoms with Gasteiger partial charge in [-0.3, -0.25) is 0 Å². The lowest BCUT2D eigenvalue weighted by Gasteiger charge is -2.42. The van der Waals surface area contributed by atoms with Crippen molar-refractivity contribution in [1.29, 1.82) is 0 Å². The van der Waals surface area contributed by atoms with Crippen LogP contribution in [0.5, 0.6) is 0 Å². The molecule has 0 N–H and O–H groups in total. The quantitative estimate of drug-likeness (QED) is 0.159. The second kappa shape index (κ2) is 14.3. The van der Waals surface area contributed by atoms with Crippen LogP contribution < -0.4 is 26.2 Å². The highest BCUT2D eigenvalue weighted by Gasteiger charge is 2.43. The van der Waals surface area contributed by atoms with Gasteiger partial charge in [0.25, 0.3) is 0 Å². The average molecular weight is 839 g/mol. The summed E-state index contributed by atoms with van der Waals surface area (Å²) in [4.78, 5) is 5.11. The molecule has 0 aliphatic carbocycles. The number of benzene rings is 9. The predicted molar refractivity (Wildman–Crippen MR) is 280 cm³/mol. The lowest BCUT2D eigenvalue weighted by atomic mass is 9.35. The maximum absolute atomic E-state index is 2.57. The first-order valence-corrected chi connectivity index (χ1v) is 23.7. The molecule has 0 atom stereocenters. The first-order valence-electron chi connectivity index (χ1n) is 23.7. The Balaban J connectivity index is 1.19. The van der Waals surface area contributed by atoms with E-state index in [2.05, 4.69) is 241 Å². The summed E-state index contributed by atoms with van der Waals surface area (Å²) in [5, 5.41) is 5.18. The number of hydrogen-bond donors (Lipinski definition) is 0. The minimum atomic E-state index is -0.149. The van der Waals surface area contributed by atoms with Crippen molar-refractivity contribution in [3.8, 4) is 11.1 Å². The van der Waals surface area contributed by atoms with Gasteiger partial charge in [-0.1, -0.05) is 211 Å². The van der Waals surface area contributed by atoms with Crippen molar-refractivity contribution in [2.24, 2.45) is 0 Å². The maximum Gasteiger partial charge on any atom is 0.245 e. The van der Waals surface area contributed by atoms with E-state index in [-0.39, 0.29) is 17.5 Å². The molecule has 9 aromatic rings. The molecule has 9 aromatic carbocycles. The SMILES string of the molecule is CC(C)c1cccc(C(C)C)c1B1c2c(ccc3c(N4c5ccccc5C(C)(C)c5ccccc54)cccc23)-c2cc(N3c4ccccc4C(C)(C)c4ccccc43)c3ccccc3c21. The molecule has 0 spiro atoms. The van der Waals surface area contributed by atoms with E-state index in [0.29, 0.717) is 11.8 Å². The van der Waals surface area contributed by atoms with Crippen LogP contribution in [-0.2, 0) is 10.8 Å². The van der Waals surface area contributed by atoms with Crippen LogP contribution in [0.4, 0.5) is 34.1 Å². The van der Waals surface area contributed by atoms with Crippen LogP contribution in [0, 0.1) is 0 Å². The molecule has 3 aliphatic rings. The molecule has 3 heterocycles. The summed E-state index contributed by atoms with van der Waals surface area (Å²) >= 11 is 0. The zero-order chi connectivity index (χ0) is 44.5. The molecule has 0 radical (unpaired) electrons. The molecule has 0 amide bonds. The number of rotatable bonds is 5. The van der Waals surface area contributed by atoms with Gasteiger partial charge in [-0.2, -0.15) is 0 Å². The first-order chi connectivity index (χ1) is 31.5. The molecule has 12 rings (SSSR count). The van der Waals surface area contributed by atoms with Crippen molar-refractivity contribution in [1.82, 2.24) is 0 Å². The second-order valence-electron chi connectivity index (χ2n) is 20.4. The van der Waals surface area contributed by atoms with Crippen molar-refractivity contribution in [3.05, 3.63) is 209 Å². The van der Waals surface area contributed by atoms with Crippen molar-refractivity contribution in [3.63, 3.8) is 0 Å². The molecule has 0 saturated carbocycles. The summed E-state index contributed by atoms with van der Waals surface area (Å²) in [5.41, 5.74) is 22.3. The molecular formula is C62H55BN2. The molecule has 3 aliphatic heterocycles. The summed E-state index contributed by atoms with van der Waals surface area (Å²) in [7, 11) is 0. The summed E-state index contributed by atoms with van der Waals surface area (Å²) in [6.07, 6.45) is 0. The maximum atomic E-state index is 2.57. The lowest BCUT2D eigenvalue weighted by Crippen LogP contribution is -2.52. The van der Waals surface area contributed by atoms with Gasteiger partial charge in [-0.15, -0.1) is 0 Å². The smallest absolute Gasteiger partial charge is 0.245 e. The Bertz CT molecular complexity index is 3300. The number of para-hydroxylation sites is 4. The minimum Gasteiger partial charge on any atom is -0.309 e. The first kappa shape index (κ1) is 39.7. The summed E-state index contributed by atoms with van der Waals surface area (Å²) in [6.45, 7) is 19.0. The highest BCUT2D eigenvalue weighted by Crippen LogP contribution is 2.55. The molecule has 3 heteroatoms. The van der Waals surface area contributed by atoms with E-state index in [1.54, 1.807) is 0 Å². The van der Waals surface area contributed by atoms with Crippen molar-refractivity contribution < 1.29 is 0 Å². The number of anilines is 6. The Hall–Kier alpha value is -6.84. The fourth-order valence-corrected chi connectivity index (χ4v) is 12.4. The van der Waals surface area contributed by atoms with Gasteiger partial charge < -0.3 is 9.80 Å². The Kier molecular flexibility index (Phi) is 8.76. The molecule has 2 nitrogen and oxygen atoms in total. The molecule has 0 fully saturated rings. The van der Waals surface area contributed by atoms with Gasteiger partial charge in [0.2, 0.25) is 6.71 Å². The van der Waals surface area contributed by atoms with Crippen molar-refractivity contribution in [2.45, 2.75) is 78.1 Å². The molecule has 0 saturated heterocycles. The second-order valence-corrected chi connectivity index (χ2v) is 20.4. The number of nitrogens with zero attached hydrogens (tertiary/aromatic N) is 2. The zero-order valence-corrected chi connectivity index (χ0v) is 38.9. The van der Waals surface area contributed by atoms with Crippen LogP contribution in [-0.4, -0.2) is 6.71 Å². The van der Waals surface area contributed by atoms with Crippen molar-refractivity contribution in [2.75, 3.05) is 9.80 Å². The lowest BCUT2D eigenvalue weighted by molar-refractivity contribution is 0.632. The molecule has 0 aromatic heterocycles. The highest BCUT2D eigenvalue weighted by atomic mass is 15.2. The van der Waals surface area contributed by atoms with Crippen LogP contribution in [0.1, 0.15) is 101 Å². The van der Waals surface area contributed by atoms with Gasteiger partial charge in [-0.25, -0.2) is 0 Å². The van der Waals surface area contributed by atoms with Crippen LogP contribution in [0.2, 0.25) is 0 Å². The van der Waals surface area contributed by atoms with Crippen LogP contribution in [0.25, 0.3) is 32.7 Å². The standard InChI is InChI=1S/C62H55BN2/c1-38(2)40-23-19-24-41(39(3)4)58(40)63-59-45-25-20-34-52(64-53-30-15-11-26-48(53)61(5,6)49-27-12-16-31-54(49)64)43(45)35-36-46(59)47-37-57(42-21-9-10-22-44(42)60(47)63)65-55-32-17-13-28-50(55)62(7,8)51-29-14-18-33-56(51)65/h9-39H,1-8H3. The third kappa shape index (κ3) is 5.54. The van der Waals surface area contributed by atoms with E-state index in [4.69, 9.17) is 0 Å². The number of fused-ring (bicyclic) bond motifs is 11. The minimum absolute atomic E-state index is 0.0219.